The lowest BCUT2D eigenvalue weighted by Gasteiger charge is -2.02. The maximum absolute atomic E-state index is 12.7. The molecule has 0 fully saturated rings. The number of hydrogen-bond acceptors (Lipinski definition) is 6. The van der Waals surface area contributed by atoms with Crippen LogP contribution in [0.4, 0.5) is 22.0 Å². The van der Waals surface area contributed by atoms with Crippen LogP contribution in [-0.2, 0) is 24.9 Å². The minimum absolute atomic E-state index is 0.106. The van der Waals surface area contributed by atoms with E-state index in [4.69, 9.17) is 15.6 Å². The maximum atomic E-state index is 12.7. The van der Waals surface area contributed by atoms with Crippen LogP contribution in [0.25, 0.3) is 10.4 Å². The third kappa shape index (κ3) is 6.71. The lowest BCUT2D eigenvalue weighted by atomic mass is 10.2. The number of rotatable bonds is 6. The molecule has 0 saturated heterocycles. The summed E-state index contributed by atoms with van der Waals surface area (Å²) in [6.07, 6.45) is -4.00. The minimum atomic E-state index is -5.08. The Morgan fingerprint density at radius 2 is 1.85 bits per heavy atom. The second-order valence-corrected chi connectivity index (χ2v) is 7.84. The Bertz CT molecular complexity index is 1300. The SMILES string of the molecule is Cn1cccc(-c2ccc(Cn3cnn(CC(CN)=C(F)F)c3=O)s2)c1=O.O=C(O)C(F)(F)F. The first-order valence-electron chi connectivity index (χ1n) is 9.25. The second kappa shape index (κ2) is 11.0. The predicted molar refractivity (Wildman–Crippen MR) is 113 cm³/mol. The van der Waals surface area contributed by atoms with Crippen LogP contribution in [0.5, 0.6) is 0 Å². The van der Waals surface area contributed by atoms with Crippen molar-refractivity contribution >= 4 is 17.3 Å². The van der Waals surface area contributed by atoms with Gasteiger partial charge in [0, 0.05) is 35.1 Å². The van der Waals surface area contributed by atoms with Gasteiger partial charge in [-0.1, -0.05) is 0 Å². The summed E-state index contributed by atoms with van der Waals surface area (Å²) in [5.74, 6) is -2.76. The van der Waals surface area contributed by atoms with Crippen LogP contribution in [0.2, 0.25) is 0 Å². The van der Waals surface area contributed by atoms with Crippen molar-refractivity contribution in [3.8, 4) is 10.4 Å². The molecule has 0 aliphatic carbocycles. The number of pyridine rings is 1. The number of carboxylic acid groups (broad SMARTS) is 1. The van der Waals surface area contributed by atoms with Gasteiger partial charge in [0.25, 0.3) is 11.6 Å². The Morgan fingerprint density at radius 1 is 1.21 bits per heavy atom. The van der Waals surface area contributed by atoms with Crippen molar-refractivity contribution in [3.63, 3.8) is 0 Å². The molecule has 34 heavy (non-hydrogen) atoms. The average Bonchev–Trinajstić information content (AvgIpc) is 3.35. The van der Waals surface area contributed by atoms with Gasteiger partial charge in [0.05, 0.1) is 18.7 Å². The van der Waals surface area contributed by atoms with Gasteiger partial charge in [0.1, 0.15) is 6.33 Å². The molecule has 0 atom stereocenters. The zero-order valence-corrected chi connectivity index (χ0v) is 18.2. The first kappa shape index (κ1) is 26.7. The highest BCUT2D eigenvalue weighted by Crippen LogP contribution is 2.26. The molecule has 0 radical (unpaired) electrons. The van der Waals surface area contributed by atoms with Gasteiger partial charge >= 0.3 is 17.8 Å². The van der Waals surface area contributed by atoms with E-state index in [1.807, 2.05) is 12.1 Å². The van der Waals surface area contributed by atoms with Crippen LogP contribution in [-0.4, -0.2) is 42.7 Å². The maximum Gasteiger partial charge on any atom is 0.490 e. The number of aryl methyl sites for hydroxylation is 1. The van der Waals surface area contributed by atoms with Gasteiger partial charge < -0.3 is 15.4 Å². The zero-order chi connectivity index (χ0) is 25.6. The normalized spacial score (nSPS) is 11.0. The summed E-state index contributed by atoms with van der Waals surface area (Å²) in [7, 11) is 1.68. The van der Waals surface area contributed by atoms with Crippen LogP contribution in [0.15, 0.2) is 58.0 Å². The highest BCUT2D eigenvalue weighted by molar-refractivity contribution is 7.15. The van der Waals surface area contributed by atoms with Crippen molar-refractivity contribution in [2.75, 3.05) is 6.54 Å². The topological polar surface area (TPSA) is 125 Å². The quantitative estimate of drug-likeness (QED) is 0.493. The van der Waals surface area contributed by atoms with Crippen molar-refractivity contribution in [1.29, 1.82) is 0 Å². The lowest BCUT2D eigenvalue weighted by Crippen LogP contribution is -2.27. The molecule has 15 heteroatoms. The van der Waals surface area contributed by atoms with Crippen LogP contribution in [0, 0.1) is 0 Å². The fraction of sp³-hybridized carbons (Fsp3) is 0.263. The summed E-state index contributed by atoms with van der Waals surface area (Å²) in [5.41, 5.74) is 4.90. The highest BCUT2D eigenvalue weighted by atomic mass is 32.1. The molecule has 3 aromatic heterocycles. The Kier molecular flexibility index (Phi) is 8.64. The number of carboxylic acids is 1. The Morgan fingerprint density at radius 3 is 2.41 bits per heavy atom. The number of nitrogens with two attached hydrogens (primary N) is 1. The number of nitrogens with zero attached hydrogens (tertiary/aromatic N) is 4. The molecule has 0 bridgehead atoms. The van der Waals surface area contributed by atoms with Crippen LogP contribution >= 0.6 is 11.3 Å². The van der Waals surface area contributed by atoms with E-state index in [1.54, 1.807) is 25.4 Å². The summed E-state index contributed by atoms with van der Waals surface area (Å²) in [5, 5.41) is 11.0. The molecule has 3 N–H and O–H groups in total. The van der Waals surface area contributed by atoms with Crippen molar-refractivity contribution < 1.29 is 31.9 Å². The number of hydrogen-bond donors (Lipinski definition) is 2. The van der Waals surface area contributed by atoms with E-state index in [2.05, 4.69) is 5.10 Å². The van der Waals surface area contributed by atoms with E-state index in [0.29, 0.717) is 5.56 Å². The molecule has 3 rings (SSSR count). The van der Waals surface area contributed by atoms with Gasteiger partial charge in [-0.15, -0.1) is 11.3 Å². The molecular weight excluding hydrogens is 489 g/mol. The van der Waals surface area contributed by atoms with Gasteiger partial charge in [-0.2, -0.15) is 27.1 Å². The largest absolute Gasteiger partial charge is 0.490 e. The van der Waals surface area contributed by atoms with E-state index >= 15 is 0 Å². The van der Waals surface area contributed by atoms with Crippen molar-refractivity contribution in [2.24, 2.45) is 12.8 Å². The van der Waals surface area contributed by atoms with E-state index in [0.717, 1.165) is 14.4 Å². The van der Waals surface area contributed by atoms with E-state index in [-0.39, 0.29) is 30.8 Å². The van der Waals surface area contributed by atoms with Gasteiger partial charge in [-0.05, 0) is 24.3 Å². The van der Waals surface area contributed by atoms with Crippen LogP contribution in [0.3, 0.4) is 0 Å². The highest BCUT2D eigenvalue weighted by Gasteiger charge is 2.38. The fourth-order valence-corrected chi connectivity index (χ4v) is 3.55. The fourth-order valence-electron chi connectivity index (χ4n) is 2.53. The predicted octanol–water partition coefficient (Wildman–Crippen LogP) is 2.26. The molecule has 0 saturated carbocycles. The smallest absolute Gasteiger partial charge is 0.475 e. The summed E-state index contributed by atoms with van der Waals surface area (Å²) in [6.45, 7) is -0.460. The van der Waals surface area contributed by atoms with Crippen molar-refractivity contribution in [1.82, 2.24) is 18.9 Å². The van der Waals surface area contributed by atoms with Crippen molar-refractivity contribution in [2.45, 2.75) is 19.3 Å². The van der Waals surface area contributed by atoms with E-state index in [9.17, 15) is 31.5 Å². The monoisotopic (exact) mass is 507 g/mol. The molecular formula is C19H18F5N5O4S. The molecule has 184 valence electrons. The number of thiophene rings is 1. The lowest BCUT2D eigenvalue weighted by molar-refractivity contribution is -0.192. The third-order valence-corrected chi connectivity index (χ3v) is 5.37. The van der Waals surface area contributed by atoms with Gasteiger partial charge in [-0.3, -0.25) is 9.36 Å². The Labute approximate surface area is 191 Å². The number of aliphatic carboxylic acids is 1. The minimum Gasteiger partial charge on any atom is -0.475 e. The second-order valence-electron chi connectivity index (χ2n) is 6.67. The molecule has 0 aliphatic heterocycles. The van der Waals surface area contributed by atoms with Gasteiger partial charge in [-0.25, -0.2) is 14.3 Å². The molecule has 0 unspecified atom stereocenters. The molecule has 0 aliphatic rings. The molecule has 3 aromatic rings. The molecule has 3 heterocycles. The van der Waals surface area contributed by atoms with Crippen molar-refractivity contribution in [3.05, 3.63) is 74.2 Å². The average molecular weight is 507 g/mol. The van der Waals surface area contributed by atoms with E-state index in [1.165, 1.54) is 26.8 Å². The van der Waals surface area contributed by atoms with Crippen LogP contribution < -0.4 is 17.0 Å². The van der Waals surface area contributed by atoms with Crippen LogP contribution in [0.1, 0.15) is 4.88 Å². The van der Waals surface area contributed by atoms with E-state index < -0.39 is 23.9 Å². The number of aromatic nitrogens is 4. The first-order chi connectivity index (χ1) is 15.8. The standard InChI is InChI=1S/C17H17F2N5O2S.C2HF3O2/c1-22-6-2-3-13(16(22)25)14-5-4-12(27-14)9-23-10-21-24(17(23)26)8-11(7-20)15(18)19;3-2(4,5)1(6)7/h2-6,10H,7-9,20H2,1H3;(H,6,7). The number of alkyl halides is 3. The summed E-state index contributed by atoms with van der Waals surface area (Å²) in [4.78, 5) is 35.1. The Balaban J connectivity index is 0.000000509. The molecule has 0 amide bonds. The summed E-state index contributed by atoms with van der Waals surface area (Å²) >= 11 is 1.39. The Hall–Kier alpha value is -3.59. The van der Waals surface area contributed by atoms with Gasteiger partial charge in [0.2, 0.25) is 0 Å². The molecule has 0 aromatic carbocycles. The number of halogens is 5. The summed E-state index contributed by atoms with van der Waals surface area (Å²) in [6, 6.07) is 7.17. The zero-order valence-electron chi connectivity index (χ0n) is 17.4. The molecule has 9 nitrogen and oxygen atoms in total. The van der Waals surface area contributed by atoms with Gasteiger partial charge in [0.15, 0.2) is 0 Å². The summed E-state index contributed by atoms with van der Waals surface area (Å²) < 4.78 is 60.9. The number of carbonyl (C=O) groups is 1. The third-order valence-electron chi connectivity index (χ3n) is 4.27. The first-order valence-corrected chi connectivity index (χ1v) is 10.1. The molecule has 0 spiro atoms.